The van der Waals surface area contributed by atoms with Gasteiger partial charge in [-0.2, -0.15) is 0 Å². The van der Waals surface area contributed by atoms with Gasteiger partial charge in [-0.3, -0.25) is 9.59 Å². The highest BCUT2D eigenvalue weighted by Crippen LogP contribution is 2.15. The van der Waals surface area contributed by atoms with Crippen LogP contribution >= 0.6 is 0 Å². The van der Waals surface area contributed by atoms with E-state index >= 15 is 0 Å². The highest BCUT2D eigenvalue weighted by molar-refractivity contribution is 5.77. The van der Waals surface area contributed by atoms with Crippen molar-refractivity contribution in [2.45, 2.75) is 47.0 Å². The average Bonchev–Trinajstić information content (AvgIpc) is 2.32. The van der Waals surface area contributed by atoms with Crippen LogP contribution in [-0.2, 0) is 9.59 Å². The van der Waals surface area contributed by atoms with Gasteiger partial charge in [0, 0.05) is 13.0 Å². The van der Waals surface area contributed by atoms with Crippen molar-refractivity contribution in [2.24, 2.45) is 29.4 Å². The van der Waals surface area contributed by atoms with Crippen LogP contribution in [0, 0.1) is 23.7 Å². The summed E-state index contributed by atoms with van der Waals surface area (Å²) in [6.07, 6.45) is 1.86. The molecule has 0 aliphatic rings. The second kappa shape index (κ2) is 9.75. The third kappa shape index (κ3) is 8.91. The van der Waals surface area contributed by atoms with Gasteiger partial charge in [0.15, 0.2) is 0 Å². The van der Waals surface area contributed by atoms with Gasteiger partial charge in [0.1, 0.15) is 0 Å². The molecule has 0 aromatic rings. The first-order chi connectivity index (χ1) is 9.26. The highest BCUT2D eigenvalue weighted by atomic mass is 16.4. The van der Waals surface area contributed by atoms with Crippen molar-refractivity contribution in [1.82, 2.24) is 5.32 Å². The Balaban J connectivity index is 4.20. The molecule has 2 unspecified atom stereocenters. The van der Waals surface area contributed by atoms with E-state index in [0.29, 0.717) is 31.2 Å². The number of carboxylic acids is 1. The summed E-state index contributed by atoms with van der Waals surface area (Å²) in [5, 5.41) is 11.8. The maximum Gasteiger partial charge on any atom is 0.308 e. The number of carbonyl (C=O) groups is 2. The Hall–Kier alpha value is -1.10. The SMILES string of the molecule is CC(C)CC(CN)CC(=O)NCC(CC(C)C)C(=O)O. The van der Waals surface area contributed by atoms with Gasteiger partial charge in [0.2, 0.25) is 5.91 Å². The van der Waals surface area contributed by atoms with Gasteiger partial charge in [0.05, 0.1) is 5.92 Å². The van der Waals surface area contributed by atoms with Gasteiger partial charge in [-0.15, -0.1) is 0 Å². The summed E-state index contributed by atoms with van der Waals surface area (Å²) >= 11 is 0. The molecule has 0 aromatic heterocycles. The van der Waals surface area contributed by atoms with Crippen molar-refractivity contribution in [1.29, 1.82) is 0 Å². The molecule has 2 atom stereocenters. The van der Waals surface area contributed by atoms with Crippen molar-refractivity contribution < 1.29 is 14.7 Å². The number of carbonyl (C=O) groups excluding carboxylic acids is 1. The summed E-state index contributed by atoms with van der Waals surface area (Å²) in [7, 11) is 0. The lowest BCUT2D eigenvalue weighted by Gasteiger charge is -2.18. The van der Waals surface area contributed by atoms with Crippen molar-refractivity contribution >= 4 is 11.9 Å². The van der Waals surface area contributed by atoms with E-state index in [-0.39, 0.29) is 18.4 Å². The number of hydrogen-bond acceptors (Lipinski definition) is 3. The van der Waals surface area contributed by atoms with Crippen LogP contribution < -0.4 is 11.1 Å². The number of nitrogens with one attached hydrogen (secondary N) is 1. The summed E-state index contributed by atoms with van der Waals surface area (Å²) in [4.78, 5) is 22.9. The first-order valence-electron chi connectivity index (χ1n) is 7.45. The van der Waals surface area contributed by atoms with E-state index in [0.717, 1.165) is 6.42 Å². The number of nitrogens with two attached hydrogens (primary N) is 1. The predicted octanol–water partition coefficient (Wildman–Crippen LogP) is 1.86. The molecule has 0 spiro atoms. The molecule has 5 nitrogen and oxygen atoms in total. The minimum absolute atomic E-state index is 0.101. The lowest BCUT2D eigenvalue weighted by molar-refractivity contribution is -0.142. The molecule has 0 heterocycles. The van der Waals surface area contributed by atoms with Crippen LogP contribution in [0.15, 0.2) is 0 Å². The maximum atomic E-state index is 11.8. The first kappa shape index (κ1) is 18.9. The lowest BCUT2D eigenvalue weighted by atomic mass is 9.93. The minimum Gasteiger partial charge on any atom is -0.481 e. The van der Waals surface area contributed by atoms with Gasteiger partial charge in [-0.05, 0) is 37.1 Å². The first-order valence-corrected chi connectivity index (χ1v) is 7.45. The summed E-state index contributed by atoms with van der Waals surface area (Å²) in [6, 6.07) is 0. The second-order valence-corrected chi connectivity index (χ2v) is 6.40. The Morgan fingerprint density at radius 2 is 1.65 bits per heavy atom. The van der Waals surface area contributed by atoms with E-state index in [1.165, 1.54) is 0 Å². The Bertz CT molecular complexity index is 303. The van der Waals surface area contributed by atoms with E-state index in [1.807, 2.05) is 13.8 Å². The fourth-order valence-corrected chi connectivity index (χ4v) is 2.34. The second-order valence-electron chi connectivity index (χ2n) is 6.40. The molecule has 118 valence electrons. The summed E-state index contributed by atoms with van der Waals surface area (Å²) in [6.45, 7) is 8.84. The minimum atomic E-state index is -0.850. The van der Waals surface area contributed by atoms with Gasteiger partial charge >= 0.3 is 5.97 Å². The monoisotopic (exact) mass is 286 g/mol. The normalized spacial score (nSPS) is 14.3. The largest absolute Gasteiger partial charge is 0.481 e. The number of aliphatic carboxylic acids is 1. The number of rotatable bonds is 10. The maximum absolute atomic E-state index is 11.8. The van der Waals surface area contributed by atoms with Gasteiger partial charge in [0.25, 0.3) is 0 Å². The molecule has 0 radical (unpaired) electrons. The van der Waals surface area contributed by atoms with E-state index in [1.54, 1.807) is 0 Å². The molecular formula is C15H30N2O3. The zero-order valence-corrected chi connectivity index (χ0v) is 13.2. The highest BCUT2D eigenvalue weighted by Gasteiger charge is 2.20. The molecule has 0 rings (SSSR count). The Kier molecular flexibility index (Phi) is 9.21. The molecule has 0 saturated heterocycles. The Morgan fingerprint density at radius 3 is 2.05 bits per heavy atom. The van der Waals surface area contributed by atoms with Crippen LogP contribution in [0.25, 0.3) is 0 Å². The fourth-order valence-electron chi connectivity index (χ4n) is 2.34. The van der Waals surface area contributed by atoms with E-state index in [2.05, 4.69) is 19.2 Å². The molecule has 0 aromatic carbocycles. The molecule has 0 aliphatic carbocycles. The Morgan fingerprint density at radius 1 is 1.10 bits per heavy atom. The van der Waals surface area contributed by atoms with Crippen LogP contribution in [0.3, 0.4) is 0 Å². The number of hydrogen-bond donors (Lipinski definition) is 3. The van der Waals surface area contributed by atoms with Gasteiger partial charge < -0.3 is 16.2 Å². The van der Waals surface area contributed by atoms with Crippen molar-refractivity contribution in [3.63, 3.8) is 0 Å². The molecule has 5 heteroatoms. The van der Waals surface area contributed by atoms with Crippen LogP contribution in [0.2, 0.25) is 0 Å². The van der Waals surface area contributed by atoms with Crippen LogP contribution in [0.1, 0.15) is 47.0 Å². The van der Waals surface area contributed by atoms with Crippen molar-refractivity contribution in [2.75, 3.05) is 13.1 Å². The number of carboxylic acid groups (broad SMARTS) is 1. The van der Waals surface area contributed by atoms with E-state index in [4.69, 9.17) is 10.8 Å². The van der Waals surface area contributed by atoms with E-state index < -0.39 is 11.9 Å². The third-order valence-corrected chi connectivity index (χ3v) is 3.26. The standard InChI is InChI=1S/C15H30N2O3/c1-10(2)5-12(8-16)7-14(18)17-9-13(15(19)20)6-11(3)4/h10-13H,5-9,16H2,1-4H3,(H,17,18)(H,19,20). The molecular weight excluding hydrogens is 256 g/mol. The topological polar surface area (TPSA) is 92.4 Å². The molecule has 0 fully saturated rings. The summed E-state index contributed by atoms with van der Waals surface area (Å²) in [5.41, 5.74) is 5.67. The van der Waals surface area contributed by atoms with Crippen LogP contribution in [-0.4, -0.2) is 30.1 Å². The fraction of sp³-hybridized carbons (Fsp3) is 0.867. The van der Waals surface area contributed by atoms with Gasteiger partial charge in [-0.1, -0.05) is 27.7 Å². The molecule has 0 saturated carbocycles. The van der Waals surface area contributed by atoms with Crippen molar-refractivity contribution in [3.05, 3.63) is 0 Å². The molecule has 1 amide bonds. The molecule has 4 N–H and O–H groups in total. The van der Waals surface area contributed by atoms with Crippen molar-refractivity contribution in [3.8, 4) is 0 Å². The lowest BCUT2D eigenvalue weighted by Crippen LogP contribution is -2.35. The van der Waals surface area contributed by atoms with Gasteiger partial charge in [-0.25, -0.2) is 0 Å². The summed E-state index contributed by atoms with van der Waals surface area (Å²) < 4.78 is 0. The number of amides is 1. The van der Waals surface area contributed by atoms with Crippen LogP contribution in [0.5, 0.6) is 0 Å². The predicted molar refractivity (Wildman–Crippen MR) is 80.2 cm³/mol. The average molecular weight is 286 g/mol. The zero-order chi connectivity index (χ0) is 15.7. The van der Waals surface area contributed by atoms with E-state index in [9.17, 15) is 9.59 Å². The smallest absolute Gasteiger partial charge is 0.308 e. The zero-order valence-electron chi connectivity index (χ0n) is 13.2. The molecule has 0 bridgehead atoms. The molecule has 20 heavy (non-hydrogen) atoms. The quantitative estimate of drug-likeness (QED) is 0.571. The summed E-state index contributed by atoms with van der Waals surface area (Å²) in [5.74, 6) is -0.494. The molecule has 0 aliphatic heterocycles. The van der Waals surface area contributed by atoms with Crippen LogP contribution in [0.4, 0.5) is 0 Å². The Labute approximate surface area is 122 Å². The third-order valence-electron chi connectivity index (χ3n) is 3.26.